The van der Waals surface area contributed by atoms with Gasteiger partial charge in [-0.3, -0.25) is 9.59 Å². The van der Waals surface area contributed by atoms with Crippen molar-refractivity contribution in [2.24, 2.45) is 5.92 Å². The molecule has 1 aliphatic heterocycles. The number of nitrogens with zero attached hydrogens (tertiary/aromatic N) is 3. The van der Waals surface area contributed by atoms with Crippen LogP contribution in [0.4, 0.5) is 8.78 Å². The molecular weight excluding hydrogens is 446 g/mol. The molecule has 0 spiro atoms. The summed E-state index contributed by atoms with van der Waals surface area (Å²) in [6, 6.07) is 5.59. The van der Waals surface area contributed by atoms with Crippen LogP contribution in [0.2, 0.25) is 0 Å². The Hall–Kier alpha value is -3.73. The lowest BCUT2D eigenvalue weighted by molar-refractivity contribution is -0.127. The molecule has 3 aromatic rings. The van der Waals surface area contributed by atoms with Crippen molar-refractivity contribution in [2.45, 2.75) is 30.8 Å². The Bertz CT molecular complexity index is 1210. The SMILES string of the molecule is O=C(N[C@H]1CCNC[C@@H]1C(=O)NC1(c2ncccn2)CC1)c1cc(-c2ccc(F)cc2F)on1. The number of hydrogen-bond donors (Lipinski definition) is 3. The zero-order valence-corrected chi connectivity index (χ0v) is 18.1. The highest BCUT2D eigenvalue weighted by Crippen LogP contribution is 2.43. The number of aromatic nitrogens is 3. The van der Waals surface area contributed by atoms with E-state index in [2.05, 4.69) is 31.1 Å². The van der Waals surface area contributed by atoms with Gasteiger partial charge in [0.1, 0.15) is 11.6 Å². The number of halogens is 2. The van der Waals surface area contributed by atoms with E-state index < -0.39 is 35.0 Å². The summed E-state index contributed by atoms with van der Waals surface area (Å²) in [6.07, 6.45) is 5.33. The van der Waals surface area contributed by atoms with E-state index in [4.69, 9.17) is 4.52 Å². The highest BCUT2D eigenvalue weighted by molar-refractivity contribution is 5.94. The van der Waals surface area contributed by atoms with Gasteiger partial charge in [-0.25, -0.2) is 18.7 Å². The fourth-order valence-corrected chi connectivity index (χ4v) is 4.15. The topological polar surface area (TPSA) is 122 Å². The quantitative estimate of drug-likeness (QED) is 0.505. The van der Waals surface area contributed by atoms with Crippen LogP contribution in [0.15, 0.2) is 47.2 Å². The minimum atomic E-state index is -0.824. The third kappa shape index (κ3) is 4.38. The van der Waals surface area contributed by atoms with Crippen LogP contribution in [0.3, 0.4) is 0 Å². The second-order valence-corrected chi connectivity index (χ2v) is 8.52. The van der Waals surface area contributed by atoms with Gasteiger partial charge in [0, 0.05) is 37.1 Å². The molecule has 2 amide bonds. The first kappa shape index (κ1) is 22.1. The van der Waals surface area contributed by atoms with Crippen molar-refractivity contribution in [3.05, 3.63) is 65.9 Å². The number of benzene rings is 1. The van der Waals surface area contributed by atoms with Gasteiger partial charge in [0.15, 0.2) is 17.3 Å². The van der Waals surface area contributed by atoms with E-state index in [1.54, 1.807) is 18.5 Å². The first-order valence-electron chi connectivity index (χ1n) is 11.0. The highest BCUT2D eigenvalue weighted by Gasteiger charge is 2.50. The number of carbonyl (C=O) groups is 2. The monoisotopic (exact) mass is 468 g/mol. The van der Waals surface area contributed by atoms with Crippen LogP contribution in [0.1, 0.15) is 35.6 Å². The fourth-order valence-electron chi connectivity index (χ4n) is 4.15. The number of hydrogen-bond acceptors (Lipinski definition) is 7. The van der Waals surface area contributed by atoms with Gasteiger partial charge in [0.05, 0.1) is 17.0 Å². The van der Waals surface area contributed by atoms with E-state index >= 15 is 0 Å². The van der Waals surface area contributed by atoms with E-state index in [-0.39, 0.29) is 22.9 Å². The van der Waals surface area contributed by atoms with Crippen molar-refractivity contribution >= 4 is 11.8 Å². The van der Waals surface area contributed by atoms with Gasteiger partial charge in [-0.15, -0.1) is 0 Å². The fraction of sp³-hybridized carbons (Fsp3) is 0.348. The first-order valence-corrected chi connectivity index (χ1v) is 11.0. The summed E-state index contributed by atoms with van der Waals surface area (Å²) in [5.74, 6) is -2.22. The van der Waals surface area contributed by atoms with Gasteiger partial charge in [-0.1, -0.05) is 5.16 Å². The molecule has 2 atom stereocenters. The highest BCUT2D eigenvalue weighted by atomic mass is 19.1. The van der Waals surface area contributed by atoms with Gasteiger partial charge in [0.25, 0.3) is 5.91 Å². The van der Waals surface area contributed by atoms with E-state index in [1.807, 2.05) is 0 Å². The van der Waals surface area contributed by atoms with Gasteiger partial charge in [-0.05, 0) is 44.0 Å². The molecule has 0 bridgehead atoms. The minimum Gasteiger partial charge on any atom is -0.355 e. The molecule has 9 nitrogen and oxygen atoms in total. The summed E-state index contributed by atoms with van der Waals surface area (Å²) >= 11 is 0. The summed E-state index contributed by atoms with van der Waals surface area (Å²) in [7, 11) is 0. The molecule has 1 aromatic carbocycles. The van der Waals surface area contributed by atoms with E-state index in [0.717, 1.165) is 25.0 Å². The molecule has 5 rings (SSSR count). The maximum Gasteiger partial charge on any atom is 0.273 e. The Morgan fingerprint density at radius 2 is 1.94 bits per heavy atom. The predicted molar refractivity (Wildman–Crippen MR) is 115 cm³/mol. The molecule has 1 saturated heterocycles. The molecule has 1 aliphatic carbocycles. The van der Waals surface area contributed by atoms with E-state index in [1.165, 1.54) is 12.1 Å². The zero-order chi connectivity index (χ0) is 23.7. The molecule has 11 heteroatoms. The van der Waals surface area contributed by atoms with Crippen LogP contribution < -0.4 is 16.0 Å². The normalized spacial score (nSPS) is 21.0. The van der Waals surface area contributed by atoms with Gasteiger partial charge in [0.2, 0.25) is 5.91 Å². The van der Waals surface area contributed by atoms with Crippen LogP contribution >= 0.6 is 0 Å². The summed E-state index contributed by atoms with van der Waals surface area (Å²) in [6.45, 7) is 1.03. The van der Waals surface area contributed by atoms with Gasteiger partial charge in [-0.2, -0.15) is 0 Å². The predicted octanol–water partition coefficient (Wildman–Crippen LogP) is 1.92. The minimum absolute atomic E-state index is 0.000732. The Kier molecular flexibility index (Phi) is 5.78. The van der Waals surface area contributed by atoms with Crippen LogP contribution in [-0.2, 0) is 10.3 Å². The van der Waals surface area contributed by atoms with Gasteiger partial charge >= 0.3 is 0 Å². The molecule has 2 aliphatic rings. The van der Waals surface area contributed by atoms with Crippen molar-refractivity contribution in [1.29, 1.82) is 0 Å². The Balaban J connectivity index is 1.27. The van der Waals surface area contributed by atoms with Crippen LogP contribution in [0.25, 0.3) is 11.3 Å². The smallest absolute Gasteiger partial charge is 0.273 e. The number of rotatable bonds is 6. The van der Waals surface area contributed by atoms with E-state index in [0.29, 0.717) is 25.3 Å². The van der Waals surface area contributed by atoms with Crippen LogP contribution in [0.5, 0.6) is 0 Å². The lowest BCUT2D eigenvalue weighted by Gasteiger charge is -2.32. The van der Waals surface area contributed by atoms with Crippen LogP contribution in [-0.4, -0.2) is 46.1 Å². The Morgan fingerprint density at radius 1 is 1.15 bits per heavy atom. The van der Waals surface area contributed by atoms with Crippen molar-refractivity contribution in [3.63, 3.8) is 0 Å². The van der Waals surface area contributed by atoms with Crippen molar-refractivity contribution < 1.29 is 22.9 Å². The molecule has 2 fully saturated rings. The number of nitrogens with one attached hydrogen (secondary N) is 3. The molecule has 176 valence electrons. The second kappa shape index (κ2) is 8.90. The van der Waals surface area contributed by atoms with Crippen molar-refractivity contribution in [1.82, 2.24) is 31.1 Å². The van der Waals surface area contributed by atoms with Crippen molar-refractivity contribution in [2.75, 3.05) is 13.1 Å². The first-order chi connectivity index (χ1) is 16.4. The zero-order valence-electron chi connectivity index (χ0n) is 18.1. The lowest BCUT2D eigenvalue weighted by Crippen LogP contribution is -2.56. The largest absolute Gasteiger partial charge is 0.355 e. The standard InChI is InChI=1S/C23H22F2N6O3/c24-13-2-3-14(16(25)10-13)19-11-18(31-34-19)21(33)29-17-4-9-26-12-15(17)20(32)30-23(5-6-23)22-27-7-1-8-28-22/h1-3,7-8,10-11,15,17,26H,4-6,9,12H2,(H,29,33)(H,30,32)/t15-,17-/m0/s1. The lowest BCUT2D eigenvalue weighted by atomic mass is 9.91. The number of amides is 2. The van der Waals surface area contributed by atoms with E-state index in [9.17, 15) is 18.4 Å². The Labute approximate surface area is 193 Å². The molecule has 0 radical (unpaired) electrons. The van der Waals surface area contributed by atoms with Crippen molar-refractivity contribution in [3.8, 4) is 11.3 Å². The number of piperidine rings is 1. The van der Waals surface area contributed by atoms with Crippen LogP contribution in [0, 0.1) is 17.6 Å². The summed E-state index contributed by atoms with van der Waals surface area (Å²) < 4.78 is 32.3. The maximum absolute atomic E-state index is 14.0. The average molecular weight is 468 g/mol. The molecule has 3 heterocycles. The maximum atomic E-state index is 14.0. The second-order valence-electron chi connectivity index (χ2n) is 8.52. The molecule has 34 heavy (non-hydrogen) atoms. The summed E-state index contributed by atoms with van der Waals surface area (Å²) in [4.78, 5) is 34.5. The molecule has 2 aromatic heterocycles. The molecule has 1 saturated carbocycles. The third-order valence-electron chi connectivity index (χ3n) is 6.18. The average Bonchev–Trinajstić information content (AvgIpc) is 3.45. The Morgan fingerprint density at radius 3 is 2.68 bits per heavy atom. The van der Waals surface area contributed by atoms with Gasteiger partial charge < -0.3 is 20.5 Å². The molecule has 0 unspecified atom stereocenters. The third-order valence-corrected chi connectivity index (χ3v) is 6.18. The number of carbonyl (C=O) groups excluding carboxylic acids is 2. The molecular formula is C23H22F2N6O3. The summed E-state index contributed by atoms with van der Waals surface area (Å²) in [5.41, 5.74) is -0.636. The summed E-state index contributed by atoms with van der Waals surface area (Å²) in [5, 5.41) is 12.8. The molecule has 3 N–H and O–H groups in total.